The minimum atomic E-state index is -0.524. The van der Waals surface area contributed by atoms with E-state index in [4.69, 9.17) is 11.6 Å². The van der Waals surface area contributed by atoms with E-state index in [0.29, 0.717) is 17.1 Å². The van der Waals surface area contributed by atoms with Gasteiger partial charge in [-0.15, -0.1) is 5.10 Å². The third-order valence-corrected chi connectivity index (χ3v) is 4.12. The van der Waals surface area contributed by atoms with Crippen LogP contribution in [0.2, 0.25) is 5.02 Å². The van der Waals surface area contributed by atoms with Crippen LogP contribution in [0.4, 0.5) is 8.78 Å². The quantitative estimate of drug-likeness (QED) is 0.748. The number of aryl methyl sites for hydroxylation is 1. The first-order valence-corrected chi connectivity index (χ1v) is 8.18. The van der Waals surface area contributed by atoms with E-state index in [1.165, 1.54) is 28.9 Å². The minimum absolute atomic E-state index is 0.0156. The Kier molecular flexibility index (Phi) is 4.99. The maximum Gasteiger partial charge on any atom is 0.291 e. The van der Waals surface area contributed by atoms with Gasteiger partial charge >= 0.3 is 0 Å². The van der Waals surface area contributed by atoms with Crippen molar-refractivity contribution in [3.8, 4) is 5.69 Å². The summed E-state index contributed by atoms with van der Waals surface area (Å²) in [4.78, 5) is 16.6. The van der Waals surface area contributed by atoms with Crippen LogP contribution >= 0.6 is 11.6 Å². The molecule has 0 saturated heterocycles. The lowest BCUT2D eigenvalue weighted by atomic mass is 10.1. The van der Waals surface area contributed by atoms with Crippen LogP contribution in [0, 0.1) is 18.6 Å². The van der Waals surface area contributed by atoms with Gasteiger partial charge in [-0.25, -0.2) is 18.4 Å². The molecule has 26 heavy (non-hydrogen) atoms. The number of nitrogens with one attached hydrogen (secondary N) is 1. The summed E-state index contributed by atoms with van der Waals surface area (Å²) in [6, 6.07) is 9.51. The van der Waals surface area contributed by atoms with Crippen molar-refractivity contribution in [2.45, 2.75) is 19.9 Å². The third-order valence-electron chi connectivity index (χ3n) is 3.83. The fourth-order valence-corrected chi connectivity index (χ4v) is 2.63. The molecule has 1 N–H and O–H groups in total. The average Bonchev–Trinajstić information content (AvgIpc) is 3.00. The molecule has 0 radical (unpaired) electrons. The van der Waals surface area contributed by atoms with Crippen molar-refractivity contribution in [2.24, 2.45) is 0 Å². The molecule has 8 heteroatoms. The predicted molar refractivity (Wildman–Crippen MR) is 93.3 cm³/mol. The SMILES string of the molecule is Cc1nc(C(=O)NC(C)c2ccc(F)c(Cl)c2)nn1-c1ccc(F)cc1. The second-order valence-electron chi connectivity index (χ2n) is 5.74. The summed E-state index contributed by atoms with van der Waals surface area (Å²) < 4.78 is 27.8. The molecule has 134 valence electrons. The number of halogens is 3. The summed E-state index contributed by atoms with van der Waals surface area (Å²) in [7, 11) is 0. The number of rotatable bonds is 4. The number of aromatic nitrogens is 3. The summed E-state index contributed by atoms with van der Waals surface area (Å²) in [5.74, 6) is -0.909. The Balaban J connectivity index is 1.78. The van der Waals surface area contributed by atoms with Crippen molar-refractivity contribution in [1.29, 1.82) is 0 Å². The molecule has 0 spiro atoms. The van der Waals surface area contributed by atoms with Gasteiger partial charge in [-0.2, -0.15) is 0 Å². The standard InChI is InChI=1S/C18H15ClF2N4O/c1-10(12-3-8-16(21)15(19)9-12)22-18(26)17-23-11(2)25(24-17)14-6-4-13(20)5-7-14/h3-10H,1-2H3,(H,22,26). The molecule has 0 aliphatic rings. The van der Waals surface area contributed by atoms with Crippen molar-refractivity contribution >= 4 is 17.5 Å². The highest BCUT2D eigenvalue weighted by Gasteiger charge is 2.18. The van der Waals surface area contributed by atoms with Crippen molar-refractivity contribution in [3.05, 3.63) is 76.3 Å². The van der Waals surface area contributed by atoms with Gasteiger partial charge in [-0.1, -0.05) is 17.7 Å². The van der Waals surface area contributed by atoms with Gasteiger partial charge in [-0.05, 0) is 55.8 Å². The maximum absolute atomic E-state index is 13.3. The predicted octanol–water partition coefficient (Wildman–Crippen LogP) is 4.00. The molecule has 0 saturated carbocycles. The van der Waals surface area contributed by atoms with Gasteiger partial charge in [0.05, 0.1) is 16.8 Å². The lowest BCUT2D eigenvalue weighted by Crippen LogP contribution is -2.27. The van der Waals surface area contributed by atoms with Crippen LogP contribution in [0.25, 0.3) is 5.69 Å². The Morgan fingerprint density at radius 3 is 2.54 bits per heavy atom. The zero-order chi connectivity index (χ0) is 18.8. The van der Waals surface area contributed by atoms with Crippen LogP contribution < -0.4 is 5.32 Å². The number of carbonyl (C=O) groups is 1. The van der Waals surface area contributed by atoms with Crippen LogP contribution in [-0.2, 0) is 0 Å². The molecule has 1 amide bonds. The highest BCUT2D eigenvalue weighted by atomic mass is 35.5. The molecule has 1 atom stereocenters. The Hall–Kier alpha value is -2.80. The third kappa shape index (κ3) is 3.72. The molecule has 3 rings (SSSR count). The van der Waals surface area contributed by atoms with Crippen LogP contribution in [0.15, 0.2) is 42.5 Å². The first-order valence-electron chi connectivity index (χ1n) is 7.80. The molecule has 0 aliphatic carbocycles. The Morgan fingerprint density at radius 2 is 1.88 bits per heavy atom. The van der Waals surface area contributed by atoms with E-state index in [9.17, 15) is 13.6 Å². The van der Waals surface area contributed by atoms with Crippen LogP contribution in [0.1, 0.15) is 35.0 Å². The molecule has 1 heterocycles. The smallest absolute Gasteiger partial charge is 0.291 e. The monoisotopic (exact) mass is 376 g/mol. The zero-order valence-corrected chi connectivity index (χ0v) is 14.8. The fourth-order valence-electron chi connectivity index (χ4n) is 2.44. The topological polar surface area (TPSA) is 59.8 Å². The van der Waals surface area contributed by atoms with Crippen molar-refractivity contribution in [2.75, 3.05) is 0 Å². The maximum atomic E-state index is 13.3. The van der Waals surface area contributed by atoms with Gasteiger partial charge in [0, 0.05) is 0 Å². The van der Waals surface area contributed by atoms with Gasteiger partial charge in [0.2, 0.25) is 5.82 Å². The van der Waals surface area contributed by atoms with E-state index in [1.54, 1.807) is 32.0 Å². The Bertz CT molecular complexity index is 956. The van der Waals surface area contributed by atoms with Crippen molar-refractivity contribution in [3.63, 3.8) is 0 Å². The molecular formula is C18H15ClF2N4O. The molecule has 1 aromatic heterocycles. The van der Waals surface area contributed by atoms with Gasteiger partial charge < -0.3 is 5.32 Å². The Labute approximate surface area is 153 Å². The van der Waals surface area contributed by atoms with Crippen LogP contribution in [-0.4, -0.2) is 20.7 Å². The second kappa shape index (κ2) is 7.21. The number of nitrogens with zero attached hydrogens (tertiary/aromatic N) is 3. The number of carbonyl (C=O) groups excluding carboxylic acids is 1. The largest absolute Gasteiger partial charge is 0.343 e. The van der Waals surface area contributed by atoms with E-state index < -0.39 is 17.8 Å². The normalized spacial score (nSPS) is 12.0. The highest BCUT2D eigenvalue weighted by molar-refractivity contribution is 6.30. The fraction of sp³-hybridized carbons (Fsp3) is 0.167. The minimum Gasteiger partial charge on any atom is -0.343 e. The van der Waals surface area contributed by atoms with Gasteiger partial charge in [0.25, 0.3) is 5.91 Å². The Morgan fingerprint density at radius 1 is 1.19 bits per heavy atom. The van der Waals surface area contributed by atoms with E-state index in [0.717, 1.165) is 0 Å². The molecule has 5 nitrogen and oxygen atoms in total. The van der Waals surface area contributed by atoms with E-state index in [-0.39, 0.29) is 16.7 Å². The summed E-state index contributed by atoms with van der Waals surface area (Å²) >= 11 is 5.77. The molecule has 0 aliphatic heterocycles. The van der Waals surface area contributed by atoms with Crippen LogP contribution in [0.3, 0.4) is 0 Å². The molecule has 2 aromatic carbocycles. The lowest BCUT2D eigenvalue weighted by molar-refractivity contribution is 0.0929. The van der Waals surface area contributed by atoms with Gasteiger partial charge in [0.1, 0.15) is 17.5 Å². The van der Waals surface area contributed by atoms with E-state index in [2.05, 4.69) is 15.4 Å². The van der Waals surface area contributed by atoms with E-state index in [1.807, 2.05) is 0 Å². The molecule has 1 unspecified atom stereocenters. The number of amides is 1. The number of benzene rings is 2. The zero-order valence-electron chi connectivity index (χ0n) is 14.0. The number of hydrogen-bond acceptors (Lipinski definition) is 3. The second-order valence-corrected chi connectivity index (χ2v) is 6.15. The number of hydrogen-bond donors (Lipinski definition) is 1. The first kappa shape index (κ1) is 18.0. The van der Waals surface area contributed by atoms with Crippen molar-refractivity contribution in [1.82, 2.24) is 20.1 Å². The van der Waals surface area contributed by atoms with Crippen molar-refractivity contribution < 1.29 is 13.6 Å². The first-order chi connectivity index (χ1) is 12.3. The van der Waals surface area contributed by atoms with Crippen LogP contribution in [0.5, 0.6) is 0 Å². The summed E-state index contributed by atoms with van der Waals surface area (Å²) in [5.41, 5.74) is 1.24. The molecule has 0 bridgehead atoms. The molecular weight excluding hydrogens is 362 g/mol. The molecule has 3 aromatic rings. The highest BCUT2D eigenvalue weighted by Crippen LogP contribution is 2.21. The summed E-state index contributed by atoms with van der Waals surface area (Å²) in [6.07, 6.45) is 0. The van der Waals surface area contributed by atoms with Gasteiger partial charge in [0.15, 0.2) is 0 Å². The summed E-state index contributed by atoms with van der Waals surface area (Å²) in [5, 5.41) is 6.90. The average molecular weight is 377 g/mol. The molecule has 0 fully saturated rings. The van der Waals surface area contributed by atoms with Gasteiger partial charge in [-0.3, -0.25) is 4.79 Å². The summed E-state index contributed by atoms with van der Waals surface area (Å²) in [6.45, 7) is 3.43. The lowest BCUT2D eigenvalue weighted by Gasteiger charge is -2.13. The van der Waals surface area contributed by atoms with E-state index >= 15 is 0 Å².